The van der Waals surface area contributed by atoms with Gasteiger partial charge in [0.05, 0.1) is 11.4 Å². The zero-order valence-electron chi connectivity index (χ0n) is 12.2. The number of rotatable bonds is 5. The molecule has 0 spiro atoms. The molecule has 0 saturated heterocycles. The summed E-state index contributed by atoms with van der Waals surface area (Å²) in [4.78, 5) is 44.2. The summed E-state index contributed by atoms with van der Waals surface area (Å²) in [6, 6.07) is 6.20. The van der Waals surface area contributed by atoms with E-state index in [9.17, 15) is 9.59 Å². The molecule has 0 aliphatic rings. The third kappa shape index (κ3) is 11.0. The molecule has 0 N–H and O–H groups in total. The van der Waals surface area contributed by atoms with Crippen LogP contribution in [0, 0.1) is 0 Å². The van der Waals surface area contributed by atoms with Gasteiger partial charge in [0.1, 0.15) is 11.5 Å². The first kappa shape index (κ1) is 25.0. The van der Waals surface area contributed by atoms with E-state index in [4.69, 9.17) is 38.4 Å². The first-order valence-electron chi connectivity index (χ1n) is 5.70. The van der Waals surface area contributed by atoms with Gasteiger partial charge in [0.2, 0.25) is 0 Å². The summed E-state index contributed by atoms with van der Waals surface area (Å²) in [6.07, 6.45) is 2.98. The molecule has 0 aliphatic heterocycles. The molecule has 0 saturated carbocycles. The van der Waals surface area contributed by atoms with Gasteiger partial charge in [-0.3, -0.25) is 33.1 Å². The topological polar surface area (TPSA) is 113 Å². The Kier molecular flexibility index (Phi) is 18.1. The van der Waals surface area contributed by atoms with Gasteiger partial charge in [-0.1, -0.05) is 0 Å². The van der Waals surface area contributed by atoms with Crippen LogP contribution in [0.3, 0.4) is 0 Å². The zero-order chi connectivity index (χ0) is 19.5. The summed E-state index contributed by atoms with van der Waals surface area (Å²) in [5.41, 5.74) is 1.01. The van der Waals surface area contributed by atoms with Crippen LogP contribution in [0.15, 0.2) is 36.7 Å². The summed E-state index contributed by atoms with van der Waals surface area (Å²) >= 11 is -0.346. The Labute approximate surface area is 159 Å². The van der Waals surface area contributed by atoms with Crippen molar-refractivity contribution >= 4 is 45.9 Å². The van der Waals surface area contributed by atoms with E-state index in [1.165, 1.54) is 12.4 Å². The molecule has 0 aliphatic carbocycles. The Hall–Kier alpha value is -2.22. The molecule has 2 heterocycles. The van der Waals surface area contributed by atoms with E-state index in [1.54, 1.807) is 24.3 Å². The van der Waals surface area contributed by atoms with Crippen molar-refractivity contribution in [3.05, 3.63) is 36.7 Å². The molecular formula is C14H10Cl2N2O6Ru. The van der Waals surface area contributed by atoms with Crippen LogP contribution in [0.4, 0.5) is 0 Å². The SMILES string of the molecule is O=COc1ccnc(-c2cc(OC=O)ccn2)c1.[CH-]=O.[CH-]=O.[Cl][Ru+2][Cl]. The number of ether oxygens (including phenoxy) is 2. The van der Waals surface area contributed by atoms with Gasteiger partial charge in [-0.15, -0.1) is 0 Å². The van der Waals surface area contributed by atoms with Gasteiger partial charge in [0, 0.05) is 24.5 Å². The first-order chi connectivity index (χ1) is 12.2. The summed E-state index contributed by atoms with van der Waals surface area (Å²) in [6.45, 7) is 7.16. The molecule has 2 aromatic heterocycles. The summed E-state index contributed by atoms with van der Waals surface area (Å²) < 4.78 is 9.42. The number of hydrogen-bond donors (Lipinski definition) is 0. The molecule has 0 atom stereocenters. The first-order valence-corrected chi connectivity index (χ1v) is 10.2. The fourth-order valence-electron chi connectivity index (χ4n) is 1.36. The van der Waals surface area contributed by atoms with Crippen LogP contribution in [0.2, 0.25) is 0 Å². The van der Waals surface area contributed by atoms with Gasteiger partial charge in [-0.2, -0.15) is 0 Å². The second-order valence-corrected chi connectivity index (χ2v) is 5.87. The van der Waals surface area contributed by atoms with Gasteiger partial charge in [-0.25, -0.2) is 0 Å². The Morgan fingerprint density at radius 1 is 0.840 bits per heavy atom. The number of carbonyl (C=O) groups excluding carboxylic acids is 4. The quantitative estimate of drug-likeness (QED) is 0.368. The molecular weight excluding hydrogens is 464 g/mol. The summed E-state index contributed by atoms with van der Waals surface area (Å²) in [5.74, 6) is 0.719. The Morgan fingerprint density at radius 3 is 1.44 bits per heavy atom. The van der Waals surface area contributed by atoms with Crippen molar-refractivity contribution in [2.24, 2.45) is 0 Å². The van der Waals surface area contributed by atoms with Crippen molar-refractivity contribution in [1.82, 2.24) is 9.97 Å². The number of aromatic nitrogens is 2. The molecule has 8 nitrogen and oxygen atoms in total. The van der Waals surface area contributed by atoms with Crippen LogP contribution in [-0.4, -0.2) is 36.5 Å². The number of pyridine rings is 2. The van der Waals surface area contributed by atoms with E-state index in [0.29, 0.717) is 35.8 Å². The van der Waals surface area contributed by atoms with E-state index in [-0.39, 0.29) is 15.1 Å². The molecule has 11 heteroatoms. The van der Waals surface area contributed by atoms with Crippen LogP contribution in [0.25, 0.3) is 11.4 Å². The molecule has 0 aromatic carbocycles. The number of halogens is 2. The minimum atomic E-state index is -0.346. The number of hydrogen-bond acceptors (Lipinski definition) is 8. The van der Waals surface area contributed by atoms with Gasteiger partial charge in [0.15, 0.2) is 0 Å². The predicted octanol–water partition coefficient (Wildman–Crippen LogP) is 2.04. The van der Waals surface area contributed by atoms with Crippen LogP contribution < -0.4 is 9.47 Å². The van der Waals surface area contributed by atoms with Crippen molar-refractivity contribution in [3.63, 3.8) is 0 Å². The van der Waals surface area contributed by atoms with Gasteiger partial charge in [-0.05, 0) is 12.1 Å². The Balaban J connectivity index is 0. The number of nitrogens with zero attached hydrogens (tertiary/aromatic N) is 2. The van der Waals surface area contributed by atoms with E-state index in [2.05, 4.69) is 23.5 Å². The molecule has 0 unspecified atom stereocenters. The molecule has 2 rings (SSSR count). The zero-order valence-corrected chi connectivity index (χ0v) is 15.5. The molecule has 134 valence electrons. The summed E-state index contributed by atoms with van der Waals surface area (Å²) in [5, 5.41) is 0. The van der Waals surface area contributed by atoms with Crippen molar-refractivity contribution in [3.8, 4) is 22.9 Å². The van der Waals surface area contributed by atoms with Crippen molar-refractivity contribution < 1.29 is 43.8 Å². The molecule has 0 radical (unpaired) electrons. The van der Waals surface area contributed by atoms with E-state index in [0.717, 1.165) is 0 Å². The van der Waals surface area contributed by atoms with E-state index < -0.39 is 0 Å². The van der Waals surface area contributed by atoms with E-state index in [1.807, 2.05) is 0 Å². The maximum atomic E-state index is 10.2. The monoisotopic (exact) mass is 474 g/mol. The van der Waals surface area contributed by atoms with Gasteiger partial charge >= 0.3 is 34.5 Å². The summed E-state index contributed by atoms with van der Waals surface area (Å²) in [7, 11) is 9.71. The fraction of sp³-hybridized carbons (Fsp3) is 0. The molecule has 0 bridgehead atoms. The standard InChI is InChI=1S/C12H8N2O4.2CHO.2ClH.Ru/c15-7-17-9-1-3-13-11(5-9)12-6-10(18-8-16)2-4-14-12;2*1-2;;;/h1-8H;2*1H;2*1H;/q;2*-1;;;+4/p-2. The average molecular weight is 474 g/mol. The van der Waals surface area contributed by atoms with Crippen molar-refractivity contribution in [2.75, 3.05) is 0 Å². The Bertz CT molecular complexity index is 582. The van der Waals surface area contributed by atoms with Crippen LogP contribution in [0.1, 0.15) is 0 Å². The molecule has 0 amide bonds. The minimum absolute atomic E-state index is 0.332. The fourth-order valence-corrected chi connectivity index (χ4v) is 1.36. The van der Waals surface area contributed by atoms with Crippen molar-refractivity contribution in [1.29, 1.82) is 0 Å². The van der Waals surface area contributed by atoms with Crippen LogP contribution in [-0.2, 0) is 34.3 Å². The normalized spacial score (nSPS) is 7.92. The predicted molar refractivity (Wildman–Crippen MR) is 86.1 cm³/mol. The second-order valence-electron chi connectivity index (χ2n) is 3.23. The third-order valence-electron chi connectivity index (χ3n) is 2.09. The number of carbonyl (C=O) groups is 2. The van der Waals surface area contributed by atoms with Gasteiger partial charge < -0.3 is 19.1 Å². The molecule has 2 aromatic rings. The maximum absolute atomic E-state index is 10.2. The van der Waals surface area contributed by atoms with Crippen LogP contribution in [0.5, 0.6) is 11.5 Å². The van der Waals surface area contributed by atoms with E-state index >= 15 is 0 Å². The second kappa shape index (κ2) is 18.1. The molecule has 0 fully saturated rings. The Morgan fingerprint density at radius 2 is 1.16 bits per heavy atom. The molecule has 25 heavy (non-hydrogen) atoms. The van der Waals surface area contributed by atoms with Gasteiger partial charge in [0.25, 0.3) is 12.9 Å². The van der Waals surface area contributed by atoms with Crippen molar-refractivity contribution in [2.45, 2.75) is 0 Å². The van der Waals surface area contributed by atoms with Crippen LogP contribution >= 0.6 is 19.4 Å². The third-order valence-corrected chi connectivity index (χ3v) is 2.09. The average Bonchev–Trinajstić information content (AvgIpc) is 2.67.